The van der Waals surface area contributed by atoms with E-state index >= 15 is 0 Å². The van der Waals surface area contributed by atoms with E-state index in [-0.39, 0.29) is 0 Å². The Hall–Kier alpha value is -0.240. The first-order valence-electron chi connectivity index (χ1n) is 6.72. The summed E-state index contributed by atoms with van der Waals surface area (Å²) in [6, 6.07) is 6.49. The van der Waals surface area contributed by atoms with Crippen molar-refractivity contribution in [2.24, 2.45) is 11.8 Å². The van der Waals surface area contributed by atoms with Gasteiger partial charge in [0.25, 0.3) is 0 Å². The Balaban J connectivity index is 1.89. The molecule has 100 valence electrons. The van der Waals surface area contributed by atoms with E-state index in [1.54, 1.807) is 0 Å². The molecule has 1 aliphatic rings. The van der Waals surface area contributed by atoms with E-state index in [0.29, 0.717) is 16.1 Å². The quantitative estimate of drug-likeness (QED) is 0.832. The van der Waals surface area contributed by atoms with Crippen molar-refractivity contribution in [1.29, 1.82) is 0 Å². The second kappa shape index (κ2) is 6.27. The Morgan fingerprint density at radius 3 is 2.33 bits per heavy atom. The van der Waals surface area contributed by atoms with Crippen LogP contribution >= 0.6 is 23.2 Å². The van der Waals surface area contributed by atoms with Crippen molar-refractivity contribution in [3.8, 4) is 0 Å². The van der Waals surface area contributed by atoms with E-state index in [1.165, 1.54) is 24.8 Å². The number of halogens is 2. The van der Waals surface area contributed by atoms with Crippen molar-refractivity contribution >= 4 is 23.2 Å². The average Bonchev–Trinajstić information content (AvgIpc) is 2.29. The summed E-state index contributed by atoms with van der Waals surface area (Å²) < 4.78 is 0. The minimum absolute atomic E-state index is 0.625. The fraction of sp³-hybridized carbons (Fsp3) is 0.600. The minimum Gasteiger partial charge on any atom is -0.310 e. The molecule has 0 heterocycles. The van der Waals surface area contributed by atoms with Crippen LogP contribution in [-0.2, 0) is 6.54 Å². The third-order valence-electron chi connectivity index (χ3n) is 3.76. The van der Waals surface area contributed by atoms with Gasteiger partial charge in [-0.1, -0.05) is 43.1 Å². The summed E-state index contributed by atoms with van der Waals surface area (Å²) in [5.41, 5.74) is 1.20. The Morgan fingerprint density at radius 2 is 1.72 bits per heavy atom. The Kier molecular flexibility index (Phi) is 4.94. The largest absolute Gasteiger partial charge is 0.310 e. The van der Waals surface area contributed by atoms with Gasteiger partial charge in [0.2, 0.25) is 0 Å². The molecule has 1 aromatic rings. The van der Waals surface area contributed by atoms with E-state index < -0.39 is 0 Å². The van der Waals surface area contributed by atoms with E-state index in [0.717, 1.165) is 18.4 Å². The lowest BCUT2D eigenvalue weighted by atomic mass is 9.80. The van der Waals surface area contributed by atoms with Gasteiger partial charge in [-0.3, -0.25) is 0 Å². The van der Waals surface area contributed by atoms with E-state index in [1.807, 2.05) is 18.2 Å². The number of rotatable bonds is 3. The van der Waals surface area contributed by atoms with Crippen LogP contribution in [0.3, 0.4) is 0 Å². The van der Waals surface area contributed by atoms with Crippen LogP contribution in [0.25, 0.3) is 0 Å². The van der Waals surface area contributed by atoms with Gasteiger partial charge in [0.1, 0.15) is 0 Å². The third-order valence-corrected chi connectivity index (χ3v) is 4.50. The molecule has 0 saturated heterocycles. The topological polar surface area (TPSA) is 12.0 Å². The normalized spacial score (nSPS) is 28.3. The Bertz CT molecular complexity index is 395. The molecule has 1 aliphatic carbocycles. The lowest BCUT2D eigenvalue weighted by Gasteiger charge is -2.32. The summed E-state index contributed by atoms with van der Waals surface area (Å²) in [5.74, 6) is 1.67. The zero-order valence-electron chi connectivity index (χ0n) is 11.0. The maximum atomic E-state index is 6.02. The zero-order valence-corrected chi connectivity index (χ0v) is 12.6. The van der Waals surface area contributed by atoms with E-state index in [4.69, 9.17) is 23.2 Å². The molecule has 0 amide bonds. The molecule has 1 fully saturated rings. The van der Waals surface area contributed by atoms with Gasteiger partial charge in [0, 0.05) is 12.6 Å². The first-order chi connectivity index (χ1) is 8.54. The second-order valence-electron chi connectivity index (χ2n) is 5.74. The molecule has 0 spiro atoms. The third kappa shape index (κ3) is 3.88. The highest BCUT2D eigenvalue weighted by Crippen LogP contribution is 2.29. The molecule has 1 nitrogen and oxygen atoms in total. The maximum absolute atomic E-state index is 6.02. The molecular weight excluding hydrogens is 265 g/mol. The number of hydrogen-bond acceptors (Lipinski definition) is 1. The molecule has 1 saturated carbocycles. The monoisotopic (exact) mass is 285 g/mol. The van der Waals surface area contributed by atoms with Crippen LogP contribution in [-0.4, -0.2) is 6.04 Å². The van der Waals surface area contributed by atoms with Crippen LogP contribution in [0, 0.1) is 11.8 Å². The fourth-order valence-corrected chi connectivity index (χ4v) is 3.35. The zero-order chi connectivity index (χ0) is 13.1. The highest BCUT2D eigenvalue weighted by molar-refractivity contribution is 6.42. The van der Waals surface area contributed by atoms with Crippen molar-refractivity contribution < 1.29 is 0 Å². The van der Waals surface area contributed by atoms with Gasteiger partial charge in [-0.2, -0.15) is 0 Å². The van der Waals surface area contributed by atoms with Gasteiger partial charge in [0.15, 0.2) is 0 Å². The fourth-order valence-electron chi connectivity index (χ4n) is 3.03. The predicted molar refractivity (Wildman–Crippen MR) is 79.3 cm³/mol. The number of nitrogens with one attached hydrogen (secondary N) is 1. The molecule has 2 unspecified atom stereocenters. The summed E-state index contributed by atoms with van der Waals surface area (Å²) in [4.78, 5) is 0. The van der Waals surface area contributed by atoms with E-state index in [9.17, 15) is 0 Å². The van der Waals surface area contributed by atoms with Crippen LogP contribution in [0.2, 0.25) is 10.0 Å². The lowest BCUT2D eigenvalue weighted by Crippen LogP contribution is -2.35. The second-order valence-corrected chi connectivity index (χ2v) is 6.56. The van der Waals surface area contributed by atoms with Crippen molar-refractivity contribution in [2.75, 3.05) is 0 Å². The molecular formula is C15H21Cl2N. The van der Waals surface area contributed by atoms with Crippen LogP contribution < -0.4 is 5.32 Å². The molecule has 2 atom stereocenters. The Labute approximate surface area is 120 Å². The highest BCUT2D eigenvalue weighted by atomic mass is 35.5. The van der Waals surface area contributed by atoms with Gasteiger partial charge >= 0.3 is 0 Å². The van der Waals surface area contributed by atoms with Crippen molar-refractivity contribution in [3.05, 3.63) is 33.8 Å². The summed E-state index contributed by atoms with van der Waals surface area (Å²) in [6.07, 6.45) is 3.93. The Morgan fingerprint density at radius 1 is 1.06 bits per heavy atom. The molecule has 18 heavy (non-hydrogen) atoms. The van der Waals surface area contributed by atoms with Gasteiger partial charge in [-0.05, 0) is 48.8 Å². The summed E-state index contributed by atoms with van der Waals surface area (Å²) in [5, 5.41) is 4.91. The van der Waals surface area contributed by atoms with Crippen LogP contribution in [0.1, 0.15) is 38.7 Å². The van der Waals surface area contributed by atoms with Crippen LogP contribution in [0.5, 0.6) is 0 Å². The molecule has 1 N–H and O–H groups in total. The molecule has 2 rings (SSSR count). The predicted octanol–water partition coefficient (Wildman–Crippen LogP) is 4.91. The number of benzene rings is 1. The molecule has 3 heteroatoms. The SMILES string of the molecule is CC1CC(C)CC(NCc2ccc(Cl)c(Cl)c2)C1. The van der Waals surface area contributed by atoms with E-state index in [2.05, 4.69) is 19.2 Å². The van der Waals surface area contributed by atoms with Crippen LogP contribution in [0.4, 0.5) is 0 Å². The van der Waals surface area contributed by atoms with Crippen molar-refractivity contribution in [1.82, 2.24) is 5.32 Å². The van der Waals surface area contributed by atoms with Gasteiger partial charge in [-0.15, -0.1) is 0 Å². The first kappa shape index (κ1) is 14.2. The maximum Gasteiger partial charge on any atom is 0.0595 e. The lowest BCUT2D eigenvalue weighted by molar-refractivity contribution is 0.238. The van der Waals surface area contributed by atoms with Crippen LogP contribution in [0.15, 0.2) is 18.2 Å². The van der Waals surface area contributed by atoms with Gasteiger partial charge < -0.3 is 5.32 Å². The summed E-state index contributed by atoms with van der Waals surface area (Å²) in [6.45, 7) is 5.58. The minimum atomic E-state index is 0.625. The highest BCUT2D eigenvalue weighted by Gasteiger charge is 2.23. The standard InChI is InChI=1S/C15H21Cl2N/c1-10-5-11(2)7-13(6-10)18-9-12-3-4-14(16)15(17)8-12/h3-4,8,10-11,13,18H,5-7,9H2,1-2H3. The van der Waals surface area contributed by atoms with Crippen molar-refractivity contribution in [3.63, 3.8) is 0 Å². The molecule has 1 aromatic carbocycles. The van der Waals surface area contributed by atoms with Gasteiger partial charge in [-0.25, -0.2) is 0 Å². The first-order valence-corrected chi connectivity index (χ1v) is 7.47. The molecule has 0 bridgehead atoms. The molecule has 0 radical (unpaired) electrons. The van der Waals surface area contributed by atoms with Crippen molar-refractivity contribution in [2.45, 2.75) is 45.7 Å². The van der Waals surface area contributed by atoms with Gasteiger partial charge in [0.05, 0.1) is 10.0 Å². The molecule has 0 aromatic heterocycles. The summed E-state index contributed by atoms with van der Waals surface area (Å²) >= 11 is 11.9. The number of hydrogen-bond donors (Lipinski definition) is 1. The smallest absolute Gasteiger partial charge is 0.0595 e. The average molecular weight is 286 g/mol. The molecule has 0 aliphatic heterocycles. The summed E-state index contributed by atoms with van der Waals surface area (Å²) in [7, 11) is 0.